The van der Waals surface area contributed by atoms with Gasteiger partial charge in [-0.25, -0.2) is 0 Å². The van der Waals surface area contributed by atoms with Gasteiger partial charge in [0.15, 0.2) is 0 Å². The average Bonchev–Trinajstić information content (AvgIpc) is 2.32. The first-order valence-corrected chi connectivity index (χ1v) is 7.09. The number of amides is 2. The average molecular weight is 271 g/mol. The highest BCUT2D eigenvalue weighted by molar-refractivity contribution is 5.87. The van der Waals surface area contributed by atoms with Gasteiger partial charge in [-0.2, -0.15) is 0 Å². The van der Waals surface area contributed by atoms with Gasteiger partial charge < -0.3 is 16.0 Å². The van der Waals surface area contributed by atoms with Crippen LogP contribution in [0.2, 0.25) is 0 Å². The van der Waals surface area contributed by atoms with Crippen LogP contribution >= 0.6 is 0 Å². The number of hydrogen-bond acceptors (Lipinski definition) is 3. The molecule has 19 heavy (non-hydrogen) atoms. The molecule has 1 atom stereocenters. The van der Waals surface area contributed by atoms with Crippen LogP contribution in [0.4, 0.5) is 0 Å². The van der Waals surface area contributed by atoms with E-state index in [1.807, 2.05) is 13.8 Å². The number of unbranched alkanes of at least 4 members (excludes halogenated alkanes) is 2. The molecule has 0 rings (SSSR count). The zero-order valence-electron chi connectivity index (χ0n) is 12.7. The van der Waals surface area contributed by atoms with Gasteiger partial charge >= 0.3 is 0 Å². The van der Waals surface area contributed by atoms with E-state index < -0.39 is 6.04 Å². The van der Waals surface area contributed by atoms with Gasteiger partial charge in [0.05, 0.1) is 0 Å². The Hall–Kier alpha value is -1.10. The molecule has 0 saturated carbocycles. The van der Waals surface area contributed by atoms with Gasteiger partial charge in [-0.05, 0) is 31.7 Å². The molecule has 0 aliphatic carbocycles. The first-order valence-electron chi connectivity index (χ1n) is 7.09. The summed E-state index contributed by atoms with van der Waals surface area (Å²) in [5, 5.41) is 2.84. The Morgan fingerprint density at radius 2 is 1.79 bits per heavy atom. The molecule has 5 heteroatoms. The molecular formula is C14H29N3O2. The molecule has 5 nitrogen and oxygen atoms in total. The second-order valence-corrected chi connectivity index (χ2v) is 5.58. The van der Waals surface area contributed by atoms with Crippen molar-refractivity contribution < 1.29 is 9.59 Å². The van der Waals surface area contributed by atoms with E-state index in [2.05, 4.69) is 5.32 Å². The molecule has 0 aromatic rings. The molecule has 0 bridgehead atoms. The summed E-state index contributed by atoms with van der Waals surface area (Å²) in [6.07, 6.45) is 3.87. The van der Waals surface area contributed by atoms with E-state index in [-0.39, 0.29) is 11.8 Å². The van der Waals surface area contributed by atoms with E-state index in [9.17, 15) is 9.59 Å². The van der Waals surface area contributed by atoms with Gasteiger partial charge in [0.1, 0.15) is 6.04 Å². The quantitative estimate of drug-likeness (QED) is 0.617. The molecule has 2 amide bonds. The van der Waals surface area contributed by atoms with Gasteiger partial charge in [0, 0.05) is 20.5 Å². The summed E-state index contributed by atoms with van der Waals surface area (Å²) in [6.45, 7) is 4.75. The van der Waals surface area contributed by atoms with E-state index >= 15 is 0 Å². The molecular weight excluding hydrogens is 242 g/mol. The molecule has 0 saturated heterocycles. The van der Waals surface area contributed by atoms with Crippen LogP contribution in [0.15, 0.2) is 0 Å². The van der Waals surface area contributed by atoms with Crippen molar-refractivity contribution in [3.05, 3.63) is 0 Å². The van der Waals surface area contributed by atoms with Crippen molar-refractivity contribution in [2.75, 3.05) is 20.6 Å². The summed E-state index contributed by atoms with van der Waals surface area (Å²) in [7, 11) is 3.42. The van der Waals surface area contributed by atoms with E-state index in [1.165, 1.54) is 4.90 Å². The SMILES string of the molecule is CC(C)CC(NC(=O)CCCCCN)C(=O)N(C)C. The minimum atomic E-state index is -0.406. The van der Waals surface area contributed by atoms with E-state index in [1.54, 1.807) is 14.1 Å². The maximum atomic E-state index is 12.0. The second kappa shape index (κ2) is 9.78. The van der Waals surface area contributed by atoms with Gasteiger partial charge in [0.2, 0.25) is 11.8 Å². The van der Waals surface area contributed by atoms with Crippen LogP contribution in [0, 0.1) is 5.92 Å². The van der Waals surface area contributed by atoms with Crippen molar-refractivity contribution in [1.29, 1.82) is 0 Å². The minimum absolute atomic E-state index is 0.0380. The number of nitrogens with two attached hydrogens (primary N) is 1. The monoisotopic (exact) mass is 271 g/mol. The summed E-state index contributed by atoms with van der Waals surface area (Å²) >= 11 is 0. The molecule has 0 aliphatic heterocycles. The van der Waals surface area contributed by atoms with Crippen LogP contribution in [0.1, 0.15) is 46.0 Å². The molecule has 0 spiro atoms. The fourth-order valence-electron chi connectivity index (χ4n) is 1.88. The molecule has 0 aromatic carbocycles. The van der Waals surface area contributed by atoms with Crippen LogP contribution in [0.5, 0.6) is 0 Å². The van der Waals surface area contributed by atoms with Crippen molar-refractivity contribution in [3.63, 3.8) is 0 Å². The molecule has 3 N–H and O–H groups in total. The zero-order valence-corrected chi connectivity index (χ0v) is 12.7. The topological polar surface area (TPSA) is 75.4 Å². The molecule has 0 aliphatic rings. The van der Waals surface area contributed by atoms with E-state index in [0.29, 0.717) is 25.3 Å². The Bertz CT molecular complexity index is 278. The summed E-state index contributed by atoms with van der Waals surface area (Å²) in [5.41, 5.74) is 5.40. The van der Waals surface area contributed by atoms with Crippen LogP contribution in [-0.4, -0.2) is 43.4 Å². The fourth-order valence-corrected chi connectivity index (χ4v) is 1.88. The summed E-state index contributed by atoms with van der Waals surface area (Å²) in [6, 6.07) is -0.406. The second-order valence-electron chi connectivity index (χ2n) is 5.58. The van der Waals surface area contributed by atoms with Crippen molar-refractivity contribution in [3.8, 4) is 0 Å². The molecule has 0 fully saturated rings. The summed E-state index contributed by atoms with van der Waals surface area (Å²) in [4.78, 5) is 25.3. The number of carbonyl (C=O) groups is 2. The standard InChI is InChI=1S/C14H29N3O2/c1-11(2)10-12(14(19)17(3)4)16-13(18)8-6-5-7-9-15/h11-12H,5-10,15H2,1-4H3,(H,16,18). The predicted molar refractivity (Wildman–Crippen MR) is 77.6 cm³/mol. The van der Waals surface area contributed by atoms with E-state index in [4.69, 9.17) is 5.73 Å². The minimum Gasteiger partial charge on any atom is -0.347 e. The molecule has 1 unspecified atom stereocenters. The third kappa shape index (κ3) is 8.59. The number of nitrogens with zero attached hydrogens (tertiary/aromatic N) is 1. The fraction of sp³-hybridized carbons (Fsp3) is 0.857. The van der Waals surface area contributed by atoms with Crippen molar-refractivity contribution >= 4 is 11.8 Å². The smallest absolute Gasteiger partial charge is 0.244 e. The van der Waals surface area contributed by atoms with Gasteiger partial charge in [-0.1, -0.05) is 20.3 Å². The number of rotatable bonds is 9. The Morgan fingerprint density at radius 1 is 1.16 bits per heavy atom. The van der Waals surface area contributed by atoms with Crippen LogP contribution in [0.25, 0.3) is 0 Å². The highest BCUT2D eigenvalue weighted by Gasteiger charge is 2.22. The Balaban J connectivity index is 4.23. The normalized spacial score (nSPS) is 12.3. The predicted octanol–water partition coefficient (Wildman–Crippen LogP) is 1.12. The first-order chi connectivity index (χ1) is 8.88. The van der Waals surface area contributed by atoms with Crippen LogP contribution in [0.3, 0.4) is 0 Å². The van der Waals surface area contributed by atoms with Gasteiger partial charge in [-0.3, -0.25) is 9.59 Å². The number of hydrogen-bond donors (Lipinski definition) is 2. The number of nitrogens with one attached hydrogen (secondary N) is 1. The number of carbonyl (C=O) groups excluding carboxylic acids is 2. The van der Waals surface area contributed by atoms with E-state index in [0.717, 1.165) is 19.3 Å². The van der Waals surface area contributed by atoms with Gasteiger partial charge in [0.25, 0.3) is 0 Å². The Labute approximate surface area is 116 Å². The third-order valence-electron chi connectivity index (χ3n) is 2.89. The third-order valence-corrected chi connectivity index (χ3v) is 2.89. The lowest BCUT2D eigenvalue weighted by atomic mass is 10.0. The molecule has 112 valence electrons. The molecule has 0 aromatic heterocycles. The zero-order chi connectivity index (χ0) is 14.8. The Kier molecular flexibility index (Phi) is 9.21. The Morgan fingerprint density at radius 3 is 2.26 bits per heavy atom. The molecule has 0 heterocycles. The maximum absolute atomic E-state index is 12.0. The maximum Gasteiger partial charge on any atom is 0.244 e. The lowest BCUT2D eigenvalue weighted by molar-refractivity contribution is -0.134. The van der Waals surface area contributed by atoms with Crippen LogP contribution < -0.4 is 11.1 Å². The highest BCUT2D eigenvalue weighted by atomic mass is 16.2. The number of likely N-dealkylation sites (N-methyl/N-ethyl adjacent to an activating group) is 1. The van der Waals surface area contributed by atoms with Crippen molar-refractivity contribution in [1.82, 2.24) is 10.2 Å². The first kappa shape index (κ1) is 17.9. The van der Waals surface area contributed by atoms with Crippen molar-refractivity contribution in [2.24, 2.45) is 11.7 Å². The van der Waals surface area contributed by atoms with Crippen molar-refractivity contribution in [2.45, 2.75) is 52.0 Å². The molecule has 0 radical (unpaired) electrons. The largest absolute Gasteiger partial charge is 0.347 e. The summed E-state index contributed by atoms with van der Waals surface area (Å²) in [5.74, 6) is 0.285. The highest BCUT2D eigenvalue weighted by Crippen LogP contribution is 2.08. The van der Waals surface area contributed by atoms with Crippen LogP contribution in [-0.2, 0) is 9.59 Å². The lowest BCUT2D eigenvalue weighted by Crippen LogP contribution is -2.46. The van der Waals surface area contributed by atoms with Gasteiger partial charge in [-0.15, -0.1) is 0 Å². The summed E-state index contributed by atoms with van der Waals surface area (Å²) < 4.78 is 0. The lowest BCUT2D eigenvalue weighted by Gasteiger charge is -2.23.